The average molecular weight is 420 g/mol. The molecule has 3 amide bonds. The molecule has 0 aliphatic rings. The molecule has 0 spiro atoms. The molecule has 0 aromatic heterocycles. The molecule has 0 radical (unpaired) electrons. The second-order valence-corrected chi connectivity index (χ2v) is 7.91. The molecule has 0 unspecified atom stereocenters. The van der Waals surface area contributed by atoms with Gasteiger partial charge in [0.05, 0.1) is 4.90 Å². The molecule has 9 heteroatoms. The largest absolute Gasteiger partial charge is 0.385 e. The quantitative estimate of drug-likeness (QED) is 0.507. The summed E-state index contributed by atoms with van der Waals surface area (Å²) in [5.41, 5.74) is 1.45. The maximum Gasteiger partial charge on any atom is 0.328 e. The van der Waals surface area contributed by atoms with Crippen molar-refractivity contribution >= 4 is 22.0 Å². The molecule has 2 aromatic carbocycles. The highest BCUT2D eigenvalue weighted by Gasteiger charge is 2.17. The van der Waals surface area contributed by atoms with Gasteiger partial charge in [0.1, 0.15) is 0 Å². The van der Waals surface area contributed by atoms with Gasteiger partial charge in [-0.15, -0.1) is 0 Å². The minimum Gasteiger partial charge on any atom is -0.385 e. The Bertz CT molecular complexity index is 899. The van der Waals surface area contributed by atoms with Crippen molar-refractivity contribution in [2.45, 2.75) is 17.7 Å². The highest BCUT2D eigenvalue weighted by molar-refractivity contribution is 7.90. The molecule has 0 atom stereocenters. The molecule has 0 saturated heterocycles. The fraction of sp³-hybridized carbons (Fsp3) is 0.300. The number of amides is 3. The zero-order chi connectivity index (χ0) is 21.1. The van der Waals surface area contributed by atoms with E-state index in [0.717, 1.165) is 5.56 Å². The standard InChI is InChI=1S/C20H25N3O5S/c1-28-15-5-13-22-20(25)23-29(26,27)18-10-8-16(9-11-18)12-14-21-19(24)17-6-3-2-4-7-17/h2-4,6-11H,5,12-15H2,1H3,(H,21,24)(H2,22,23,25). The molecule has 0 heterocycles. The lowest BCUT2D eigenvalue weighted by Crippen LogP contribution is -2.39. The topological polar surface area (TPSA) is 114 Å². The van der Waals surface area contributed by atoms with Gasteiger partial charge in [-0.05, 0) is 42.7 Å². The number of nitrogens with one attached hydrogen (secondary N) is 3. The molecule has 2 aromatic rings. The summed E-state index contributed by atoms with van der Waals surface area (Å²) in [7, 11) is -2.40. The molecule has 156 valence electrons. The van der Waals surface area contributed by atoms with Gasteiger partial charge in [0, 0.05) is 32.4 Å². The van der Waals surface area contributed by atoms with E-state index >= 15 is 0 Å². The first-order chi connectivity index (χ1) is 13.9. The highest BCUT2D eigenvalue weighted by atomic mass is 32.2. The van der Waals surface area contributed by atoms with Gasteiger partial charge in [0.2, 0.25) is 0 Å². The van der Waals surface area contributed by atoms with Crippen molar-refractivity contribution in [2.24, 2.45) is 0 Å². The van der Waals surface area contributed by atoms with E-state index in [9.17, 15) is 18.0 Å². The number of hydrogen-bond acceptors (Lipinski definition) is 5. The predicted molar refractivity (Wildman–Crippen MR) is 109 cm³/mol. The van der Waals surface area contributed by atoms with Crippen LogP contribution in [0.5, 0.6) is 0 Å². The van der Waals surface area contributed by atoms with Crippen molar-refractivity contribution in [1.29, 1.82) is 0 Å². The summed E-state index contributed by atoms with van der Waals surface area (Å²) in [5.74, 6) is -0.162. The van der Waals surface area contributed by atoms with Crippen molar-refractivity contribution in [2.75, 3.05) is 26.8 Å². The van der Waals surface area contributed by atoms with Gasteiger partial charge >= 0.3 is 6.03 Å². The zero-order valence-corrected chi connectivity index (χ0v) is 17.0. The number of hydrogen-bond donors (Lipinski definition) is 3. The van der Waals surface area contributed by atoms with Crippen LogP contribution < -0.4 is 15.4 Å². The van der Waals surface area contributed by atoms with Crippen molar-refractivity contribution in [3.05, 3.63) is 65.7 Å². The van der Waals surface area contributed by atoms with Crippen molar-refractivity contribution < 1.29 is 22.7 Å². The molecule has 0 aliphatic heterocycles. The van der Waals surface area contributed by atoms with E-state index in [4.69, 9.17) is 4.74 Å². The third-order valence-electron chi connectivity index (χ3n) is 4.01. The fourth-order valence-corrected chi connectivity index (χ4v) is 3.41. The summed E-state index contributed by atoms with van der Waals surface area (Å²) < 4.78 is 31.3. The van der Waals surface area contributed by atoms with Crippen LogP contribution in [-0.4, -0.2) is 47.2 Å². The number of carbonyl (C=O) groups is 2. The predicted octanol–water partition coefficient (Wildman–Crippen LogP) is 1.68. The second kappa shape index (κ2) is 11.2. The Kier molecular flexibility index (Phi) is 8.63. The molecule has 0 bridgehead atoms. The van der Waals surface area contributed by atoms with E-state index in [1.807, 2.05) is 10.8 Å². The van der Waals surface area contributed by atoms with Crippen LogP contribution in [0.4, 0.5) is 4.79 Å². The number of carbonyl (C=O) groups excluding carboxylic acids is 2. The number of urea groups is 1. The Balaban J connectivity index is 1.82. The van der Waals surface area contributed by atoms with Gasteiger partial charge in [0.15, 0.2) is 0 Å². The van der Waals surface area contributed by atoms with Gasteiger partial charge in [-0.1, -0.05) is 30.3 Å². The van der Waals surface area contributed by atoms with Crippen molar-refractivity contribution in [1.82, 2.24) is 15.4 Å². The SMILES string of the molecule is COCCCNC(=O)NS(=O)(=O)c1ccc(CCNC(=O)c2ccccc2)cc1. The third kappa shape index (κ3) is 7.55. The molecule has 0 aliphatic carbocycles. The molecule has 29 heavy (non-hydrogen) atoms. The Labute approximate surface area is 170 Å². The Morgan fingerprint density at radius 1 is 0.931 bits per heavy atom. The normalized spacial score (nSPS) is 10.9. The Hall–Kier alpha value is -2.91. The smallest absolute Gasteiger partial charge is 0.328 e. The first kappa shape index (κ1) is 22.4. The average Bonchev–Trinajstić information content (AvgIpc) is 2.72. The molecule has 0 saturated carbocycles. The van der Waals surface area contributed by atoms with Crippen LogP contribution in [0, 0.1) is 0 Å². The number of benzene rings is 2. The van der Waals surface area contributed by atoms with Gasteiger partial charge < -0.3 is 15.4 Å². The number of rotatable bonds is 10. The maximum absolute atomic E-state index is 12.2. The highest BCUT2D eigenvalue weighted by Crippen LogP contribution is 2.11. The minimum atomic E-state index is -3.95. The molecule has 3 N–H and O–H groups in total. The van der Waals surface area contributed by atoms with Crippen LogP contribution in [0.1, 0.15) is 22.3 Å². The van der Waals surface area contributed by atoms with Gasteiger partial charge in [-0.25, -0.2) is 17.9 Å². The van der Waals surface area contributed by atoms with E-state index in [0.29, 0.717) is 38.1 Å². The van der Waals surface area contributed by atoms with Gasteiger partial charge in [-0.3, -0.25) is 4.79 Å². The van der Waals surface area contributed by atoms with E-state index in [2.05, 4.69) is 10.6 Å². The summed E-state index contributed by atoms with van der Waals surface area (Å²) >= 11 is 0. The van der Waals surface area contributed by atoms with Gasteiger partial charge in [0.25, 0.3) is 15.9 Å². The van der Waals surface area contributed by atoms with Crippen LogP contribution in [0.2, 0.25) is 0 Å². The maximum atomic E-state index is 12.2. The molecular weight excluding hydrogens is 394 g/mol. The number of methoxy groups -OCH3 is 1. The lowest BCUT2D eigenvalue weighted by Gasteiger charge is -2.09. The van der Waals surface area contributed by atoms with E-state index in [-0.39, 0.29) is 10.8 Å². The molecule has 0 fully saturated rings. The monoisotopic (exact) mass is 419 g/mol. The molecule has 8 nitrogen and oxygen atoms in total. The van der Waals surface area contributed by atoms with Crippen molar-refractivity contribution in [3.63, 3.8) is 0 Å². The van der Waals surface area contributed by atoms with Crippen LogP contribution >= 0.6 is 0 Å². The van der Waals surface area contributed by atoms with Crippen LogP contribution in [0.3, 0.4) is 0 Å². The molecule has 2 rings (SSSR count). The first-order valence-corrected chi connectivity index (χ1v) is 10.6. The first-order valence-electron chi connectivity index (χ1n) is 9.14. The van der Waals surface area contributed by atoms with Crippen LogP contribution in [-0.2, 0) is 21.2 Å². The summed E-state index contributed by atoms with van der Waals surface area (Å²) in [6.07, 6.45) is 1.13. The van der Waals surface area contributed by atoms with E-state index in [1.165, 1.54) is 12.1 Å². The summed E-state index contributed by atoms with van der Waals surface area (Å²) in [4.78, 5) is 23.7. The van der Waals surface area contributed by atoms with E-state index in [1.54, 1.807) is 43.5 Å². The van der Waals surface area contributed by atoms with Gasteiger partial charge in [-0.2, -0.15) is 0 Å². The lowest BCUT2D eigenvalue weighted by molar-refractivity contribution is 0.0954. The minimum absolute atomic E-state index is 0.0124. The number of sulfonamides is 1. The molecular formula is C20H25N3O5S. The summed E-state index contributed by atoms with van der Waals surface area (Å²) in [6.45, 7) is 1.20. The van der Waals surface area contributed by atoms with E-state index < -0.39 is 16.1 Å². The fourth-order valence-electron chi connectivity index (χ4n) is 2.48. The van der Waals surface area contributed by atoms with Crippen molar-refractivity contribution in [3.8, 4) is 0 Å². The second-order valence-electron chi connectivity index (χ2n) is 6.22. The van der Waals surface area contributed by atoms with Crippen LogP contribution in [0.25, 0.3) is 0 Å². The Morgan fingerprint density at radius 2 is 1.62 bits per heavy atom. The summed E-state index contributed by atoms with van der Waals surface area (Å²) in [5, 5.41) is 5.27. The number of ether oxygens (including phenoxy) is 1. The third-order valence-corrected chi connectivity index (χ3v) is 5.35. The lowest BCUT2D eigenvalue weighted by atomic mass is 10.1. The van der Waals surface area contributed by atoms with Crippen LogP contribution in [0.15, 0.2) is 59.5 Å². The Morgan fingerprint density at radius 3 is 2.28 bits per heavy atom. The zero-order valence-electron chi connectivity index (χ0n) is 16.2. The summed E-state index contributed by atoms with van der Waals surface area (Å²) in [6, 6.07) is 14.3.